The smallest absolute Gasteiger partial charge is 0.303 e. The summed E-state index contributed by atoms with van der Waals surface area (Å²) in [6.45, 7) is 8.39. The summed E-state index contributed by atoms with van der Waals surface area (Å²) in [7, 11) is 1.93. The van der Waals surface area contributed by atoms with Gasteiger partial charge in [-0.1, -0.05) is 13.8 Å². The van der Waals surface area contributed by atoms with Gasteiger partial charge in [-0.25, -0.2) is 9.97 Å². The molecule has 0 saturated carbocycles. The summed E-state index contributed by atoms with van der Waals surface area (Å²) < 4.78 is 15.2. The van der Waals surface area contributed by atoms with Gasteiger partial charge in [-0.3, -0.25) is 9.36 Å². The van der Waals surface area contributed by atoms with Crippen LogP contribution in [0.15, 0.2) is 18.9 Å². The van der Waals surface area contributed by atoms with Crippen molar-refractivity contribution in [2.75, 3.05) is 17.2 Å². The predicted molar refractivity (Wildman–Crippen MR) is 147 cm³/mol. The fraction of sp³-hybridized carbons (Fsp3) is 0.600. The van der Waals surface area contributed by atoms with Crippen molar-refractivity contribution in [1.29, 1.82) is 0 Å². The van der Waals surface area contributed by atoms with Crippen molar-refractivity contribution >= 4 is 28.9 Å². The molecule has 220 valence electrons. The fourth-order valence-electron chi connectivity index (χ4n) is 4.78. The zero-order valence-electron chi connectivity index (χ0n) is 23.8. The SMILES string of the molecule is CCC(CC)Nc1nc(NCCc2cn(C)cn2)nc2c1ncn2[C@@H]1O[C@H](c2nnn(CC)n2)[C@@H](OC(C)=O)[C@H]1O. The fourth-order valence-corrected chi connectivity index (χ4v) is 4.78. The van der Waals surface area contributed by atoms with E-state index in [9.17, 15) is 9.90 Å². The Morgan fingerprint density at radius 3 is 2.66 bits per heavy atom. The molecule has 16 nitrogen and oxygen atoms in total. The summed E-state index contributed by atoms with van der Waals surface area (Å²) in [5.74, 6) is 0.583. The van der Waals surface area contributed by atoms with Crippen LogP contribution in [-0.4, -0.2) is 85.1 Å². The van der Waals surface area contributed by atoms with Crippen LogP contribution in [0.3, 0.4) is 0 Å². The zero-order valence-corrected chi connectivity index (χ0v) is 23.8. The topological polar surface area (TPSA) is 185 Å². The Hall–Kier alpha value is -4.18. The number of fused-ring (bicyclic) bond motifs is 1. The van der Waals surface area contributed by atoms with Gasteiger partial charge in [-0.05, 0) is 25.0 Å². The number of nitrogens with one attached hydrogen (secondary N) is 2. The second kappa shape index (κ2) is 12.1. The molecule has 0 aliphatic carbocycles. The number of aliphatic hydroxyl groups excluding tert-OH is 1. The van der Waals surface area contributed by atoms with E-state index in [0.717, 1.165) is 18.5 Å². The van der Waals surface area contributed by atoms with Crippen LogP contribution >= 0.6 is 0 Å². The Balaban J connectivity index is 1.49. The number of tetrazole rings is 1. The van der Waals surface area contributed by atoms with Crippen LogP contribution in [-0.2, 0) is 34.3 Å². The first-order chi connectivity index (χ1) is 19.8. The minimum absolute atomic E-state index is 0.179. The molecule has 1 aliphatic rings. The summed E-state index contributed by atoms with van der Waals surface area (Å²) in [6, 6.07) is 0.179. The molecule has 1 aliphatic heterocycles. The highest BCUT2D eigenvalue weighted by Crippen LogP contribution is 2.40. The normalized spacial score (nSPS) is 20.7. The van der Waals surface area contributed by atoms with E-state index >= 15 is 0 Å². The van der Waals surface area contributed by atoms with Gasteiger partial charge in [-0.2, -0.15) is 14.8 Å². The van der Waals surface area contributed by atoms with Gasteiger partial charge in [0.15, 0.2) is 35.4 Å². The summed E-state index contributed by atoms with van der Waals surface area (Å²) >= 11 is 0. The van der Waals surface area contributed by atoms with Crippen LogP contribution < -0.4 is 10.6 Å². The highest BCUT2D eigenvalue weighted by Gasteiger charge is 2.50. The number of aliphatic hydroxyl groups is 1. The predicted octanol–water partition coefficient (Wildman–Crippen LogP) is 1.38. The molecule has 1 saturated heterocycles. The lowest BCUT2D eigenvalue weighted by Gasteiger charge is -2.19. The van der Waals surface area contributed by atoms with Crippen LogP contribution in [0.2, 0.25) is 0 Å². The van der Waals surface area contributed by atoms with E-state index in [4.69, 9.17) is 19.4 Å². The molecule has 4 atom stereocenters. The molecule has 16 heteroatoms. The van der Waals surface area contributed by atoms with Gasteiger partial charge >= 0.3 is 5.97 Å². The van der Waals surface area contributed by atoms with E-state index in [1.807, 2.05) is 24.7 Å². The van der Waals surface area contributed by atoms with Crippen molar-refractivity contribution in [3.8, 4) is 0 Å². The summed E-state index contributed by atoms with van der Waals surface area (Å²) in [6.07, 6.45) is 3.45. The number of carbonyl (C=O) groups excluding carboxylic acids is 1. The van der Waals surface area contributed by atoms with Crippen LogP contribution in [0.4, 0.5) is 11.8 Å². The maximum Gasteiger partial charge on any atom is 0.303 e. The summed E-state index contributed by atoms with van der Waals surface area (Å²) in [5, 5.41) is 30.5. The Labute approximate surface area is 236 Å². The van der Waals surface area contributed by atoms with Crippen molar-refractivity contribution in [3.63, 3.8) is 0 Å². The van der Waals surface area contributed by atoms with E-state index in [2.05, 4.69) is 49.9 Å². The number of anilines is 2. The number of esters is 1. The van der Waals surface area contributed by atoms with Crippen molar-refractivity contribution in [2.45, 2.75) is 84.1 Å². The van der Waals surface area contributed by atoms with E-state index in [0.29, 0.717) is 42.4 Å². The summed E-state index contributed by atoms with van der Waals surface area (Å²) in [4.78, 5) is 31.7. The molecule has 0 aromatic carbocycles. The second-order valence-electron chi connectivity index (χ2n) is 9.93. The first-order valence-corrected chi connectivity index (χ1v) is 13.8. The van der Waals surface area contributed by atoms with Crippen molar-refractivity contribution in [2.24, 2.45) is 7.05 Å². The van der Waals surface area contributed by atoms with Gasteiger partial charge in [-0.15, -0.1) is 10.2 Å². The number of imidazole rings is 2. The molecule has 0 bridgehead atoms. The molecule has 0 spiro atoms. The molecular weight excluding hydrogens is 532 g/mol. The molecule has 41 heavy (non-hydrogen) atoms. The lowest BCUT2D eigenvalue weighted by Crippen LogP contribution is -2.33. The molecule has 1 fully saturated rings. The van der Waals surface area contributed by atoms with Crippen LogP contribution in [0.1, 0.15) is 64.4 Å². The third-order valence-electron chi connectivity index (χ3n) is 6.97. The van der Waals surface area contributed by atoms with Crippen molar-refractivity contribution in [1.82, 2.24) is 49.3 Å². The van der Waals surface area contributed by atoms with Gasteiger partial charge in [0, 0.05) is 39.2 Å². The minimum Gasteiger partial charge on any atom is -0.456 e. The van der Waals surface area contributed by atoms with Gasteiger partial charge in [0.2, 0.25) is 11.8 Å². The first-order valence-electron chi connectivity index (χ1n) is 13.8. The van der Waals surface area contributed by atoms with Gasteiger partial charge in [0.05, 0.1) is 24.9 Å². The quantitative estimate of drug-likeness (QED) is 0.208. The number of hydrogen-bond donors (Lipinski definition) is 3. The molecule has 4 aromatic rings. The second-order valence-corrected chi connectivity index (χ2v) is 9.93. The maximum absolute atomic E-state index is 11.9. The molecule has 0 amide bonds. The Morgan fingerprint density at radius 1 is 1.20 bits per heavy atom. The molecule has 5 rings (SSSR count). The largest absolute Gasteiger partial charge is 0.456 e. The van der Waals surface area contributed by atoms with E-state index in [1.54, 1.807) is 10.9 Å². The van der Waals surface area contributed by atoms with Crippen LogP contribution in [0.5, 0.6) is 0 Å². The molecule has 4 aromatic heterocycles. The minimum atomic E-state index is -1.26. The average molecular weight is 569 g/mol. The van der Waals surface area contributed by atoms with E-state index in [-0.39, 0.29) is 11.9 Å². The van der Waals surface area contributed by atoms with Crippen LogP contribution in [0, 0.1) is 0 Å². The van der Waals surface area contributed by atoms with Crippen LogP contribution in [0.25, 0.3) is 11.2 Å². The zero-order chi connectivity index (χ0) is 29.1. The highest BCUT2D eigenvalue weighted by molar-refractivity contribution is 5.84. The highest BCUT2D eigenvalue weighted by atomic mass is 16.6. The van der Waals surface area contributed by atoms with Crippen molar-refractivity contribution < 1.29 is 19.4 Å². The lowest BCUT2D eigenvalue weighted by molar-refractivity contribution is -0.153. The van der Waals surface area contributed by atoms with E-state index in [1.165, 1.54) is 18.0 Å². The summed E-state index contributed by atoms with van der Waals surface area (Å²) in [5.41, 5.74) is 1.90. The number of rotatable bonds is 12. The molecule has 0 radical (unpaired) electrons. The molecule has 5 heterocycles. The van der Waals surface area contributed by atoms with Crippen molar-refractivity contribution in [3.05, 3.63) is 30.4 Å². The third-order valence-corrected chi connectivity index (χ3v) is 6.97. The molecule has 3 N–H and O–H groups in total. The Bertz CT molecular complexity index is 1480. The maximum atomic E-state index is 11.9. The standard InChI is InChI=1S/C25H36N12O4/c1-6-15(7-2)29-21-17-23(31-25(30-21)26-10-9-16-11-35(5)12-27-16)36(13-28-17)24-18(39)19(40-14(4)38)20(41-24)22-32-34-37(8-3)33-22/h11-13,15,18-20,24,39H,6-10H2,1-5H3,(H2,26,29,30,31)/t18-,19+,20+,24-/m1/s1. The van der Waals surface area contributed by atoms with Gasteiger partial charge in [0.25, 0.3) is 0 Å². The first kappa shape index (κ1) is 28.4. The third kappa shape index (κ3) is 5.97. The number of ether oxygens (including phenoxy) is 2. The van der Waals surface area contributed by atoms with Gasteiger partial charge < -0.3 is 29.8 Å². The lowest BCUT2D eigenvalue weighted by atomic mass is 10.1. The number of nitrogens with zero attached hydrogens (tertiary/aromatic N) is 10. The average Bonchev–Trinajstić information content (AvgIpc) is 3.75. The Kier molecular flexibility index (Phi) is 8.39. The monoisotopic (exact) mass is 568 g/mol. The number of aromatic nitrogens is 10. The number of hydrogen-bond acceptors (Lipinski definition) is 13. The van der Waals surface area contributed by atoms with E-state index < -0.39 is 30.5 Å². The molecular formula is C25H36N12O4. The molecule has 0 unspecified atom stereocenters. The number of aryl methyl sites for hydroxylation is 2. The number of carbonyl (C=O) groups is 1. The Morgan fingerprint density at radius 2 is 2.00 bits per heavy atom. The van der Waals surface area contributed by atoms with Gasteiger partial charge in [0.1, 0.15) is 6.10 Å².